The number of nitrogens with zero attached hydrogens (tertiary/aromatic N) is 2. The van der Waals surface area contributed by atoms with Crippen LogP contribution < -0.4 is 5.73 Å². The van der Waals surface area contributed by atoms with E-state index in [1.54, 1.807) is 25.1 Å². The second-order valence-electron chi connectivity index (χ2n) is 6.21. The van der Waals surface area contributed by atoms with Gasteiger partial charge in [-0.1, -0.05) is 6.42 Å². The number of hydrogen-bond acceptors (Lipinski definition) is 4. The third kappa shape index (κ3) is 4.70. The van der Waals surface area contributed by atoms with Crippen LogP contribution in [0.15, 0.2) is 0 Å². The average Bonchev–Trinajstić information content (AvgIpc) is 2.34. The average molecular weight is 291 g/mol. The van der Waals surface area contributed by atoms with Crippen LogP contribution in [-0.4, -0.2) is 61.6 Å². The minimum atomic E-state index is -3.16. The predicted octanol–water partition coefficient (Wildman–Crippen LogP) is 0.861. The van der Waals surface area contributed by atoms with Gasteiger partial charge in [0.2, 0.25) is 10.0 Å². The van der Waals surface area contributed by atoms with Gasteiger partial charge in [0, 0.05) is 26.2 Å². The molecule has 2 N–H and O–H groups in total. The molecule has 0 saturated carbocycles. The van der Waals surface area contributed by atoms with Gasteiger partial charge >= 0.3 is 0 Å². The third-order valence-corrected chi connectivity index (χ3v) is 6.22. The van der Waals surface area contributed by atoms with Crippen LogP contribution in [0.3, 0.4) is 0 Å². The summed E-state index contributed by atoms with van der Waals surface area (Å²) in [5, 5.41) is 0. The first-order chi connectivity index (χ1) is 8.79. The number of nitrogens with two attached hydrogens (primary N) is 1. The Labute approximate surface area is 118 Å². The number of rotatable bonds is 6. The van der Waals surface area contributed by atoms with E-state index in [0.29, 0.717) is 13.1 Å². The maximum Gasteiger partial charge on any atom is 0.219 e. The van der Waals surface area contributed by atoms with Crippen molar-refractivity contribution in [2.75, 3.05) is 39.3 Å². The predicted molar refractivity (Wildman–Crippen MR) is 79.6 cm³/mol. The summed E-state index contributed by atoms with van der Waals surface area (Å²) in [7, 11) is -3.16. The van der Waals surface area contributed by atoms with E-state index in [0.717, 1.165) is 45.4 Å². The molecule has 114 valence electrons. The minimum absolute atomic E-state index is 0.622. The molecule has 0 aromatic rings. The van der Waals surface area contributed by atoms with Crippen molar-refractivity contribution < 1.29 is 8.42 Å². The van der Waals surface area contributed by atoms with E-state index in [2.05, 4.69) is 4.90 Å². The quantitative estimate of drug-likeness (QED) is 0.737. The van der Waals surface area contributed by atoms with Crippen molar-refractivity contribution in [1.82, 2.24) is 9.21 Å². The summed E-state index contributed by atoms with van der Waals surface area (Å²) in [5.74, 6) is 0. The highest BCUT2D eigenvalue weighted by molar-refractivity contribution is 7.90. The summed E-state index contributed by atoms with van der Waals surface area (Å²) in [6.07, 6.45) is 3.40. The normalized spacial score (nSPS) is 19.8. The van der Waals surface area contributed by atoms with Crippen LogP contribution in [0.2, 0.25) is 0 Å². The topological polar surface area (TPSA) is 66.6 Å². The molecule has 1 aliphatic rings. The molecule has 1 heterocycles. The first kappa shape index (κ1) is 16.9. The fourth-order valence-corrected chi connectivity index (χ4v) is 3.66. The molecule has 1 rings (SSSR count). The molecule has 5 nitrogen and oxygen atoms in total. The van der Waals surface area contributed by atoms with Crippen molar-refractivity contribution in [2.45, 2.75) is 44.8 Å². The maximum absolute atomic E-state index is 12.3. The number of unbranched alkanes of at least 4 members (excludes halogenated alkanes) is 2. The maximum atomic E-state index is 12.3. The molecule has 1 saturated heterocycles. The lowest BCUT2D eigenvalue weighted by Gasteiger charge is -2.37. The lowest BCUT2D eigenvalue weighted by atomic mass is 10.2. The summed E-state index contributed by atoms with van der Waals surface area (Å²) in [6.45, 7) is 10.1. The van der Waals surface area contributed by atoms with Crippen molar-refractivity contribution in [2.24, 2.45) is 5.73 Å². The summed E-state index contributed by atoms with van der Waals surface area (Å²) in [6, 6.07) is 0. The third-order valence-electron chi connectivity index (χ3n) is 3.62. The fraction of sp³-hybridized carbons (Fsp3) is 1.00. The molecule has 0 bridgehead atoms. The lowest BCUT2D eigenvalue weighted by molar-refractivity contribution is 0.183. The van der Waals surface area contributed by atoms with Crippen molar-refractivity contribution in [1.29, 1.82) is 0 Å². The Hall–Kier alpha value is -0.170. The second-order valence-corrected chi connectivity index (χ2v) is 8.90. The molecule has 0 radical (unpaired) electrons. The summed E-state index contributed by atoms with van der Waals surface area (Å²) in [5.41, 5.74) is 5.47. The molecule has 0 amide bonds. The minimum Gasteiger partial charge on any atom is -0.330 e. The smallest absolute Gasteiger partial charge is 0.219 e. The van der Waals surface area contributed by atoms with E-state index in [1.807, 2.05) is 0 Å². The SMILES string of the molecule is CC(C)(C)S(=O)(=O)N1CCN(CCCCCN)CC1. The molecule has 0 aliphatic carbocycles. The van der Waals surface area contributed by atoms with Crippen LogP contribution in [0.25, 0.3) is 0 Å². The van der Waals surface area contributed by atoms with Gasteiger partial charge < -0.3 is 10.6 Å². The van der Waals surface area contributed by atoms with E-state index >= 15 is 0 Å². The Morgan fingerprint density at radius 1 is 1.00 bits per heavy atom. The van der Waals surface area contributed by atoms with Gasteiger partial charge in [0.1, 0.15) is 0 Å². The van der Waals surface area contributed by atoms with Gasteiger partial charge in [0.25, 0.3) is 0 Å². The van der Waals surface area contributed by atoms with Gasteiger partial charge in [0.05, 0.1) is 4.75 Å². The summed E-state index contributed by atoms with van der Waals surface area (Å²) in [4.78, 5) is 2.35. The number of sulfonamides is 1. The molecular weight excluding hydrogens is 262 g/mol. The Morgan fingerprint density at radius 3 is 2.05 bits per heavy atom. The Morgan fingerprint density at radius 2 is 1.58 bits per heavy atom. The van der Waals surface area contributed by atoms with Crippen molar-refractivity contribution >= 4 is 10.0 Å². The number of hydrogen-bond donors (Lipinski definition) is 1. The lowest BCUT2D eigenvalue weighted by Crippen LogP contribution is -2.52. The zero-order chi connectivity index (χ0) is 14.5. The van der Waals surface area contributed by atoms with Gasteiger partial charge in [-0.25, -0.2) is 8.42 Å². The highest BCUT2D eigenvalue weighted by Gasteiger charge is 2.36. The highest BCUT2D eigenvalue weighted by atomic mass is 32.2. The summed E-state index contributed by atoms with van der Waals surface area (Å²) < 4.78 is 25.6. The molecule has 6 heteroatoms. The fourth-order valence-electron chi connectivity index (χ4n) is 2.24. The van der Waals surface area contributed by atoms with E-state index in [4.69, 9.17) is 5.73 Å². The molecule has 1 aliphatic heterocycles. The van der Waals surface area contributed by atoms with Gasteiger partial charge in [-0.05, 0) is 46.7 Å². The largest absolute Gasteiger partial charge is 0.330 e. The van der Waals surface area contributed by atoms with Crippen LogP contribution in [0, 0.1) is 0 Å². The molecule has 0 atom stereocenters. The van der Waals surface area contributed by atoms with E-state index in [1.165, 1.54) is 0 Å². The molecule has 1 fully saturated rings. The van der Waals surface area contributed by atoms with Crippen molar-refractivity contribution in [3.05, 3.63) is 0 Å². The van der Waals surface area contributed by atoms with Gasteiger partial charge in [0.15, 0.2) is 0 Å². The molecule has 19 heavy (non-hydrogen) atoms. The Kier molecular flexibility index (Phi) is 6.23. The van der Waals surface area contributed by atoms with Crippen molar-refractivity contribution in [3.63, 3.8) is 0 Å². The molecule has 0 unspecified atom stereocenters. The number of piperazine rings is 1. The monoisotopic (exact) mass is 291 g/mol. The molecule has 0 spiro atoms. The highest BCUT2D eigenvalue weighted by Crippen LogP contribution is 2.21. The van der Waals surface area contributed by atoms with Crippen LogP contribution in [0.4, 0.5) is 0 Å². The first-order valence-electron chi connectivity index (χ1n) is 7.21. The van der Waals surface area contributed by atoms with Gasteiger partial charge in [-0.3, -0.25) is 0 Å². The second kappa shape index (κ2) is 7.02. The van der Waals surface area contributed by atoms with Gasteiger partial charge in [-0.2, -0.15) is 4.31 Å². The Balaban J connectivity index is 2.37. The molecule has 0 aromatic heterocycles. The molecular formula is C13H29N3O2S. The Bertz CT molecular complexity index is 355. The zero-order valence-corrected chi connectivity index (χ0v) is 13.4. The van der Waals surface area contributed by atoms with E-state index in [9.17, 15) is 8.42 Å². The molecule has 0 aromatic carbocycles. The zero-order valence-electron chi connectivity index (χ0n) is 12.6. The van der Waals surface area contributed by atoms with E-state index in [-0.39, 0.29) is 0 Å². The van der Waals surface area contributed by atoms with Crippen LogP contribution in [0.1, 0.15) is 40.0 Å². The van der Waals surface area contributed by atoms with Gasteiger partial charge in [-0.15, -0.1) is 0 Å². The van der Waals surface area contributed by atoms with Crippen LogP contribution in [0.5, 0.6) is 0 Å². The van der Waals surface area contributed by atoms with E-state index < -0.39 is 14.8 Å². The first-order valence-corrected chi connectivity index (χ1v) is 8.65. The van der Waals surface area contributed by atoms with Crippen molar-refractivity contribution in [3.8, 4) is 0 Å². The summed E-state index contributed by atoms with van der Waals surface area (Å²) >= 11 is 0. The van der Waals surface area contributed by atoms with Crippen LogP contribution in [-0.2, 0) is 10.0 Å². The van der Waals surface area contributed by atoms with Crippen LogP contribution >= 0.6 is 0 Å². The standard InChI is InChI=1S/C13H29N3O2S/c1-13(2,3)19(17,18)16-11-9-15(10-12-16)8-6-4-5-7-14/h4-12,14H2,1-3H3.